The molecule has 0 aliphatic heterocycles. The summed E-state index contributed by atoms with van der Waals surface area (Å²) in [5.41, 5.74) is 7.19. The molecule has 0 aliphatic rings. The Labute approximate surface area is 98.8 Å². The van der Waals surface area contributed by atoms with Crippen molar-refractivity contribution < 1.29 is 4.74 Å². The molecule has 2 nitrogen and oxygen atoms in total. The minimum absolute atomic E-state index is 0.517. The van der Waals surface area contributed by atoms with E-state index in [1.165, 1.54) is 24.8 Å². The van der Waals surface area contributed by atoms with Gasteiger partial charge in [0.05, 0.1) is 0 Å². The minimum Gasteiger partial charge on any atom is -0.385 e. The Morgan fingerprint density at radius 1 is 1.12 bits per heavy atom. The van der Waals surface area contributed by atoms with E-state index in [9.17, 15) is 0 Å². The van der Waals surface area contributed by atoms with Crippen LogP contribution in [0.25, 0.3) is 0 Å². The molecular formula is C14H23NO. The third-order valence-electron chi connectivity index (χ3n) is 2.96. The van der Waals surface area contributed by atoms with E-state index in [-0.39, 0.29) is 0 Å². The normalized spacial score (nSPS) is 12.6. The lowest BCUT2D eigenvalue weighted by molar-refractivity contribution is 0.191. The molecule has 1 aromatic rings. The molecule has 0 spiro atoms. The van der Waals surface area contributed by atoms with Crippen LogP contribution < -0.4 is 5.73 Å². The molecule has 2 N–H and O–H groups in total. The van der Waals surface area contributed by atoms with Gasteiger partial charge in [0, 0.05) is 13.7 Å². The summed E-state index contributed by atoms with van der Waals surface area (Å²) in [6.45, 7) is 1.62. The van der Waals surface area contributed by atoms with Crippen molar-refractivity contribution in [2.75, 3.05) is 20.3 Å². The Morgan fingerprint density at radius 3 is 2.50 bits per heavy atom. The van der Waals surface area contributed by atoms with Crippen LogP contribution in [-0.4, -0.2) is 20.3 Å². The quantitative estimate of drug-likeness (QED) is 0.685. The van der Waals surface area contributed by atoms with Gasteiger partial charge in [-0.3, -0.25) is 0 Å². The topological polar surface area (TPSA) is 35.2 Å². The first kappa shape index (κ1) is 13.2. The van der Waals surface area contributed by atoms with Crippen molar-refractivity contribution >= 4 is 0 Å². The molecule has 0 aromatic heterocycles. The number of rotatable bonds is 8. The summed E-state index contributed by atoms with van der Waals surface area (Å²) in [7, 11) is 1.76. The van der Waals surface area contributed by atoms with Crippen LogP contribution in [0.1, 0.15) is 37.2 Å². The standard InChI is InChI=1S/C14H23NO/c1-16-11-7-3-6-10-14(12-15)13-8-4-2-5-9-13/h2,4-5,8-9,14H,3,6-7,10-12,15H2,1H3. The average Bonchev–Trinajstić information content (AvgIpc) is 2.35. The van der Waals surface area contributed by atoms with Crippen LogP contribution in [0.5, 0.6) is 0 Å². The number of unbranched alkanes of at least 4 members (excludes halogenated alkanes) is 2. The van der Waals surface area contributed by atoms with Gasteiger partial charge in [-0.1, -0.05) is 43.2 Å². The number of hydrogen-bond acceptors (Lipinski definition) is 2. The molecule has 0 amide bonds. The lowest BCUT2D eigenvalue weighted by atomic mass is 9.93. The Bertz CT molecular complexity index is 261. The van der Waals surface area contributed by atoms with Crippen LogP contribution in [0, 0.1) is 0 Å². The van der Waals surface area contributed by atoms with E-state index < -0.39 is 0 Å². The van der Waals surface area contributed by atoms with Crippen molar-refractivity contribution in [2.45, 2.75) is 31.6 Å². The number of hydrogen-bond donors (Lipinski definition) is 1. The molecule has 2 heteroatoms. The van der Waals surface area contributed by atoms with Gasteiger partial charge in [0.25, 0.3) is 0 Å². The van der Waals surface area contributed by atoms with Gasteiger partial charge in [-0.2, -0.15) is 0 Å². The van der Waals surface area contributed by atoms with Gasteiger partial charge in [-0.25, -0.2) is 0 Å². The summed E-state index contributed by atoms with van der Waals surface area (Å²) in [6, 6.07) is 10.6. The monoisotopic (exact) mass is 221 g/mol. The van der Waals surface area contributed by atoms with E-state index in [0.29, 0.717) is 5.92 Å². The first-order valence-corrected chi connectivity index (χ1v) is 6.12. The van der Waals surface area contributed by atoms with Crippen LogP contribution >= 0.6 is 0 Å². The summed E-state index contributed by atoms with van der Waals surface area (Å²) < 4.78 is 5.04. The molecule has 1 unspecified atom stereocenters. The molecule has 0 aliphatic carbocycles. The van der Waals surface area contributed by atoms with E-state index in [1.807, 2.05) is 0 Å². The maximum absolute atomic E-state index is 5.82. The summed E-state index contributed by atoms with van der Waals surface area (Å²) in [6.07, 6.45) is 4.81. The molecule has 0 heterocycles. The number of ether oxygens (including phenoxy) is 1. The highest BCUT2D eigenvalue weighted by Gasteiger charge is 2.08. The van der Waals surface area contributed by atoms with E-state index in [1.54, 1.807) is 7.11 Å². The van der Waals surface area contributed by atoms with Crippen LogP contribution in [0.3, 0.4) is 0 Å². The smallest absolute Gasteiger partial charge is 0.0462 e. The molecule has 0 radical (unpaired) electrons. The third-order valence-corrected chi connectivity index (χ3v) is 2.96. The number of benzene rings is 1. The van der Waals surface area contributed by atoms with Crippen molar-refractivity contribution in [1.82, 2.24) is 0 Å². The second-order valence-corrected chi connectivity index (χ2v) is 4.19. The van der Waals surface area contributed by atoms with Gasteiger partial charge in [0.1, 0.15) is 0 Å². The highest BCUT2D eigenvalue weighted by atomic mass is 16.5. The highest BCUT2D eigenvalue weighted by Crippen LogP contribution is 2.20. The predicted octanol–water partition coefficient (Wildman–Crippen LogP) is 2.94. The molecular weight excluding hydrogens is 198 g/mol. The van der Waals surface area contributed by atoms with Crippen LogP contribution in [0.4, 0.5) is 0 Å². The largest absolute Gasteiger partial charge is 0.385 e. The summed E-state index contributed by atoms with van der Waals surface area (Å²) in [5.74, 6) is 0.517. The lowest BCUT2D eigenvalue weighted by Gasteiger charge is -2.14. The van der Waals surface area contributed by atoms with E-state index >= 15 is 0 Å². The Hall–Kier alpha value is -0.860. The molecule has 90 valence electrons. The molecule has 0 bridgehead atoms. The summed E-state index contributed by atoms with van der Waals surface area (Å²) in [4.78, 5) is 0. The van der Waals surface area contributed by atoms with Crippen molar-refractivity contribution in [3.63, 3.8) is 0 Å². The first-order valence-electron chi connectivity index (χ1n) is 6.12. The van der Waals surface area contributed by atoms with E-state index in [0.717, 1.165) is 19.6 Å². The van der Waals surface area contributed by atoms with E-state index in [2.05, 4.69) is 30.3 Å². The van der Waals surface area contributed by atoms with Gasteiger partial charge in [-0.15, -0.1) is 0 Å². The van der Waals surface area contributed by atoms with Gasteiger partial charge >= 0.3 is 0 Å². The zero-order valence-corrected chi connectivity index (χ0v) is 10.2. The number of methoxy groups -OCH3 is 1. The fourth-order valence-corrected chi connectivity index (χ4v) is 1.96. The van der Waals surface area contributed by atoms with Crippen molar-refractivity contribution in [3.05, 3.63) is 35.9 Å². The SMILES string of the molecule is COCCCCCC(CN)c1ccccc1. The average molecular weight is 221 g/mol. The van der Waals surface area contributed by atoms with Crippen molar-refractivity contribution in [3.8, 4) is 0 Å². The number of nitrogens with two attached hydrogens (primary N) is 1. The van der Waals surface area contributed by atoms with Crippen LogP contribution in [0.15, 0.2) is 30.3 Å². The fraction of sp³-hybridized carbons (Fsp3) is 0.571. The van der Waals surface area contributed by atoms with Gasteiger partial charge in [0.2, 0.25) is 0 Å². The highest BCUT2D eigenvalue weighted by molar-refractivity contribution is 5.19. The van der Waals surface area contributed by atoms with Crippen LogP contribution in [-0.2, 0) is 4.74 Å². The Kier molecular flexibility index (Phi) is 6.86. The van der Waals surface area contributed by atoms with Gasteiger partial charge in [0.15, 0.2) is 0 Å². The third kappa shape index (κ3) is 4.77. The first-order chi connectivity index (χ1) is 7.88. The molecule has 16 heavy (non-hydrogen) atoms. The predicted molar refractivity (Wildman–Crippen MR) is 68.6 cm³/mol. The lowest BCUT2D eigenvalue weighted by Crippen LogP contribution is -2.12. The minimum atomic E-state index is 0.517. The van der Waals surface area contributed by atoms with Crippen LogP contribution in [0.2, 0.25) is 0 Å². The zero-order valence-electron chi connectivity index (χ0n) is 10.2. The molecule has 0 saturated heterocycles. The van der Waals surface area contributed by atoms with Crippen molar-refractivity contribution in [2.24, 2.45) is 5.73 Å². The molecule has 1 atom stereocenters. The molecule has 0 saturated carbocycles. The fourth-order valence-electron chi connectivity index (χ4n) is 1.96. The maximum Gasteiger partial charge on any atom is 0.0462 e. The Balaban J connectivity index is 2.27. The summed E-state index contributed by atoms with van der Waals surface area (Å²) in [5, 5.41) is 0. The molecule has 1 aromatic carbocycles. The Morgan fingerprint density at radius 2 is 1.88 bits per heavy atom. The zero-order chi connectivity index (χ0) is 11.6. The molecule has 1 rings (SSSR count). The maximum atomic E-state index is 5.82. The van der Waals surface area contributed by atoms with Gasteiger partial charge < -0.3 is 10.5 Å². The summed E-state index contributed by atoms with van der Waals surface area (Å²) >= 11 is 0. The van der Waals surface area contributed by atoms with E-state index in [4.69, 9.17) is 10.5 Å². The molecule has 0 fully saturated rings. The second kappa shape index (κ2) is 8.31. The van der Waals surface area contributed by atoms with Crippen molar-refractivity contribution in [1.29, 1.82) is 0 Å². The van der Waals surface area contributed by atoms with Gasteiger partial charge in [-0.05, 0) is 30.9 Å². The second-order valence-electron chi connectivity index (χ2n) is 4.19.